The van der Waals surface area contributed by atoms with Crippen LogP contribution in [0.15, 0.2) is 89.0 Å². The normalized spacial score (nSPS) is 16.3. The molecule has 2 aromatic carbocycles. The Bertz CT molecular complexity index is 833. The van der Waals surface area contributed by atoms with Crippen LogP contribution in [-0.4, -0.2) is 0 Å². The van der Waals surface area contributed by atoms with Crippen molar-refractivity contribution >= 4 is 27.6 Å². The molecule has 3 rings (SSSR count). The van der Waals surface area contributed by atoms with E-state index in [0.717, 1.165) is 17.3 Å². The van der Waals surface area contributed by atoms with Gasteiger partial charge >= 0.3 is 0 Å². The summed E-state index contributed by atoms with van der Waals surface area (Å²) in [5.74, 6) is 0. The fraction of sp³-hybridized carbons (Fsp3) is 0.130. The number of hydrogen-bond donors (Lipinski definition) is 0. The van der Waals surface area contributed by atoms with Crippen LogP contribution in [-0.2, 0) is 6.42 Å². The van der Waals surface area contributed by atoms with E-state index in [2.05, 4.69) is 90.1 Å². The van der Waals surface area contributed by atoms with E-state index in [4.69, 9.17) is 0 Å². The van der Waals surface area contributed by atoms with Crippen molar-refractivity contribution in [2.75, 3.05) is 0 Å². The Labute approximate surface area is 153 Å². The van der Waals surface area contributed by atoms with Crippen LogP contribution in [0.1, 0.15) is 30.0 Å². The molecule has 2 aromatic rings. The minimum absolute atomic E-state index is 1.06. The maximum atomic E-state index is 3.80. The largest absolute Gasteiger partial charge is 0.0991 e. The van der Waals surface area contributed by atoms with E-state index in [1.807, 2.05) is 12.2 Å². The first-order valence-corrected chi connectivity index (χ1v) is 9.03. The average Bonchev–Trinajstić information content (AvgIpc) is 2.73. The van der Waals surface area contributed by atoms with Crippen molar-refractivity contribution in [3.8, 4) is 0 Å². The molecule has 0 amide bonds. The third-order valence-corrected chi connectivity index (χ3v) is 5.00. The lowest BCUT2D eigenvalue weighted by Gasteiger charge is -2.12. The zero-order chi connectivity index (χ0) is 16.9. The van der Waals surface area contributed by atoms with Gasteiger partial charge in [-0.25, -0.2) is 0 Å². The molecule has 0 heterocycles. The Balaban J connectivity index is 2.17. The molecule has 0 saturated carbocycles. The van der Waals surface area contributed by atoms with E-state index in [9.17, 15) is 0 Å². The highest BCUT2D eigenvalue weighted by atomic mass is 79.9. The summed E-state index contributed by atoms with van der Waals surface area (Å²) in [6.07, 6.45) is 10.5. The van der Waals surface area contributed by atoms with Crippen LogP contribution in [0.25, 0.3) is 11.6 Å². The molecule has 0 spiro atoms. The summed E-state index contributed by atoms with van der Waals surface area (Å²) in [6, 6.07) is 17.2. The molecule has 0 fully saturated rings. The molecule has 0 N–H and O–H groups in total. The molecule has 0 nitrogen and oxygen atoms in total. The summed E-state index contributed by atoms with van der Waals surface area (Å²) in [5, 5.41) is 0. The fourth-order valence-corrected chi connectivity index (χ4v) is 3.40. The second-order valence-electron chi connectivity index (χ2n) is 6.01. The topological polar surface area (TPSA) is 0 Å². The van der Waals surface area contributed by atoms with Crippen molar-refractivity contribution in [3.63, 3.8) is 0 Å². The number of benzene rings is 2. The summed E-state index contributed by atoms with van der Waals surface area (Å²) >= 11 is 3.51. The summed E-state index contributed by atoms with van der Waals surface area (Å²) in [4.78, 5) is 0. The van der Waals surface area contributed by atoms with Crippen molar-refractivity contribution in [1.29, 1.82) is 0 Å². The van der Waals surface area contributed by atoms with Gasteiger partial charge in [-0.3, -0.25) is 0 Å². The first-order chi connectivity index (χ1) is 11.7. The third-order valence-electron chi connectivity index (χ3n) is 4.47. The lowest BCUT2D eigenvalue weighted by molar-refractivity contribution is 0.965. The number of fused-ring (bicyclic) bond motifs is 1. The predicted molar refractivity (Wildman–Crippen MR) is 109 cm³/mol. The molecule has 0 saturated heterocycles. The molecule has 0 bridgehead atoms. The van der Waals surface area contributed by atoms with Crippen molar-refractivity contribution in [3.05, 3.63) is 106 Å². The van der Waals surface area contributed by atoms with E-state index in [-0.39, 0.29) is 0 Å². The zero-order valence-electron chi connectivity index (χ0n) is 13.9. The van der Waals surface area contributed by atoms with E-state index in [1.54, 1.807) is 0 Å². The van der Waals surface area contributed by atoms with Gasteiger partial charge in [-0.1, -0.05) is 77.1 Å². The second-order valence-corrected chi connectivity index (χ2v) is 6.93. The van der Waals surface area contributed by atoms with Crippen LogP contribution in [0, 0.1) is 0 Å². The van der Waals surface area contributed by atoms with Crippen molar-refractivity contribution < 1.29 is 0 Å². The van der Waals surface area contributed by atoms with Crippen LogP contribution < -0.4 is 0 Å². The highest BCUT2D eigenvalue weighted by Gasteiger charge is 2.16. The summed E-state index contributed by atoms with van der Waals surface area (Å²) < 4.78 is 1.10. The number of hydrogen-bond acceptors (Lipinski definition) is 0. The Kier molecular flexibility index (Phi) is 5.32. The smallest absolute Gasteiger partial charge is 0.0175 e. The van der Waals surface area contributed by atoms with Gasteiger partial charge < -0.3 is 0 Å². The highest BCUT2D eigenvalue weighted by molar-refractivity contribution is 9.10. The number of aryl methyl sites for hydroxylation is 1. The quantitative estimate of drug-likeness (QED) is 0.506. The van der Waals surface area contributed by atoms with Crippen LogP contribution in [0.3, 0.4) is 0 Å². The first kappa shape index (κ1) is 16.7. The summed E-state index contributed by atoms with van der Waals surface area (Å²) in [5.41, 5.74) is 8.03. The molecule has 24 heavy (non-hydrogen) atoms. The second kappa shape index (κ2) is 7.63. The van der Waals surface area contributed by atoms with Gasteiger partial charge in [-0.15, -0.1) is 0 Å². The Morgan fingerprint density at radius 3 is 2.50 bits per heavy atom. The lowest BCUT2D eigenvalue weighted by Crippen LogP contribution is -1.91. The van der Waals surface area contributed by atoms with Gasteiger partial charge in [-0.05, 0) is 71.4 Å². The first-order valence-electron chi connectivity index (χ1n) is 8.24. The molecule has 1 heteroatoms. The van der Waals surface area contributed by atoms with Crippen LogP contribution in [0.5, 0.6) is 0 Å². The van der Waals surface area contributed by atoms with Gasteiger partial charge in [0.05, 0.1) is 0 Å². The van der Waals surface area contributed by atoms with Crippen LogP contribution in [0.4, 0.5) is 0 Å². The molecule has 0 aliphatic heterocycles. The number of rotatable bonds is 3. The maximum absolute atomic E-state index is 3.80. The standard InChI is InChI=1S/C23H21Br/c1-3-4-7-19-12-13-20-8-5-6-9-22(20)23(17(19)2)16-18-10-14-21(24)15-11-18/h3-11,14-16H,1,12-13H2,2H3/b7-4-,23-16-. The van der Waals surface area contributed by atoms with Crippen LogP contribution in [0.2, 0.25) is 0 Å². The molecule has 0 atom stereocenters. The molecule has 1 aliphatic carbocycles. The highest BCUT2D eigenvalue weighted by Crippen LogP contribution is 2.35. The van der Waals surface area contributed by atoms with Gasteiger partial charge in [-0.2, -0.15) is 0 Å². The predicted octanol–water partition coefficient (Wildman–Crippen LogP) is 6.99. The summed E-state index contributed by atoms with van der Waals surface area (Å²) in [7, 11) is 0. The van der Waals surface area contributed by atoms with E-state index in [0.29, 0.717) is 0 Å². The molecule has 1 aliphatic rings. The van der Waals surface area contributed by atoms with E-state index in [1.165, 1.54) is 33.4 Å². The van der Waals surface area contributed by atoms with E-state index >= 15 is 0 Å². The molecular formula is C23H21Br. The molecule has 120 valence electrons. The molecule has 0 radical (unpaired) electrons. The minimum Gasteiger partial charge on any atom is -0.0991 e. The Morgan fingerprint density at radius 1 is 1.00 bits per heavy atom. The van der Waals surface area contributed by atoms with Gasteiger partial charge in [0, 0.05) is 4.47 Å². The summed E-state index contributed by atoms with van der Waals surface area (Å²) in [6.45, 7) is 6.03. The van der Waals surface area contributed by atoms with Gasteiger partial charge in [0.15, 0.2) is 0 Å². The lowest BCUT2D eigenvalue weighted by atomic mass is 9.93. The zero-order valence-corrected chi connectivity index (χ0v) is 15.5. The third kappa shape index (κ3) is 3.68. The molecule has 0 unspecified atom stereocenters. The minimum atomic E-state index is 1.06. The number of halogens is 1. The fourth-order valence-electron chi connectivity index (χ4n) is 3.14. The SMILES string of the molecule is C=C/C=C\C1=C(C)C(=C/c2ccc(Br)cc2)/c2ccccc2CC1. The molecular weight excluding hydrogens is 356 g/mol. The van der Waals surface area contributed by atoms with Gasteiger partial charge in [0.2, 0.25) is 0 Å². The van der Waals surface area contributed by atoms with Gasteiger partial charge in [0.25, 0.3) is 0 Å². The van der Waals surface area contributed by atoms with Gasteiger partial charge in [0.1, 0.15) is 0 Å². The van der Waals surface area contributed by atoms with Crippen LogP contribution >= 0.6 is 15.9 Å². The van der Waals surface area contributed by atoms with Crippen molar-refractivity contribution in [2.24, 2.45) is 0 Å². The monoisotopic (exact) mass is 376 g/mol. The Morgan fingerprint density at radius 2 is 1.75 bits per heavy atom. The average molecular weight is 377 g/mol. The Hall–Kier alpha value is -2.12. The number of allylic oxidation sites excluding steroid dienone is 6. The van der Waals surface area contributed by atoms with Crippen molar-refractivity contribution in [2.45, 2.75) is 19.8 Å². The maximum Gasteiger partial charge on any atom is 0.0175 e. The van der Waals surface area contributed by atoms with E-state index < -0.39 is 0 Å². The molecule has 0 aromatic heterocycles. The van der Waals surface area contributed by atoms with Crippen molar-refractivity contribution in [1.82, 2.24) is 0 Å².